The van der Waals surface area contributed by atoms with E-state index >= 15 is 0 Å². The number of hydrogen-bond donors (Lipinski definition) is 2. The van der Waals surface area contributed by atoms with Crippen molar-refractivity contribution in [3.05, 3.63) is 0 Å². The number of hydrogen-bond acceptors (Lipinski definition) is 3. The topological polar surface area (TPSA) is 72.6 Å². The minimum Gasteiger partial charge on any atom is -0.481 e. The van der Waals surface area contributed by atoms with Crippen molar-refractivity contribution in [3.63, 3.8) is 0 Å². The Bertz CT molecular complexity index is 173. The van der Waals surface area contributed by atoms with Gasteiger partial charge in [0.25, 0.3) is 0 Å². The van der Waals surface area contributed by atoms with E-state index in [2.05, 4.69) is 0 Å². The molecule has 3 N–H and O–H groups in total. The fourth-order valence-corrected chi connectivity index (χ4v) is 1.40. The van der Waals surface area contributed by atoms with Gasteiger partial charge in [-0.3, -0.25) is 4.79 Å². The van der Waals surface area contributed by atoms with Crippen LogP contribution < -0.4 is 5.73 Å². The van der Waals surface area contributed by atoms with Crippen LogP contribution in [-0.2, 0) is 9.53 Å². The molecule has 0 bridgehead atoms. The average molecular weight is 173 g/mol. The lowest BCUT2D eigenvalue weighted by Gasteiger charge is -2.34. The van der Waals surface area contributed by atoms with Crippen molar-refractivity contribution >= 4 is 5.97 Å². The molecule has 1 heterocycles. The minimum atomic E-state index is -0.851. The van der Waals surface area contributed by atoms with Crippen molar-refractivity contribution in [2.45, 2.75) is 37.8 Å². The molecule has 0 aromatic heterocycles. The Balaban J connectivity index is 2.44. The maximum absolute atomic E-state index is 10.4. The van der Waals surface area contributed by atoms with Gasteiger partial charge in [0.05, 0.1) is 19.1 Å². The van der Waals surface area contributed by atoms with E-state index in [4.69, 9.17) is 15.6 Å². The summed E-state index contributed by atoms with van der Waals surface area (Å²) in [5.41, 5.74) is 5.18. The highest BCUT2D eigenvalue weighted by molar-refractivity contribution is 5.68. The third-order valence-electron chi connectivity index (χ3n) is 2.21. The van der Waals surface area contributed by atoms with Crippen LogP contribution in [0.4, 0.5) is 0 Å². The second kappa shape index (κ2) is 3.41. The molecule has 0 saturated carbocycles. The molecule has 1 rings (SSSR count). The van der Waals surface area contributed by atoms with Crippen molar-refractivity contribution in [2.75, 3.05) is 6.61 Å². The van der Waals surface area contributed by atoms with E-state index in [-0.39, 0.29) is 12.5 Å². The van der Waals surface area contributed by atoms with Crippen LogP contribution in [0.5, 0.6) is 0 Å². The van der Waals surface area contributed by atoms with E-state index in [1.165, 1.54) is 0 Å². The Hall–Kier alpha value is -0.610. The molecule has 4 heteroatoms. The molecule has 0 aromatic carbocycles. The molecular weight excluding hydrogens is 158 g/mol. The highest BCUT2D eigenvalue weighted by Gasteiger charge is 2.32. The first kappa shape index (κ1) is 9.48. The van der Waals surface area contributed by atoms with Crippen LogP contribution in [0.3, 0.4) is 0 Å². The third-order valence-corrected chi connectivity index (χ3v) is 2.21. The van der Waals surface area contributed by atoms with E-state index in [9.17, 15) is 4.79 Å². The van der Waals surface area contributed by atoms with Crippen molar-refractivity contribution in [3.8, 4) is 0 Å². The lowest BCUT2D eigenvalue weighted by atomic mass is 9.88. The highest BCUT2D eigenvalue weighted by atomic mass is 16.5. The fourth-order valence-electron chi connectivity index (χ4n) is 1.40. The third kappa shape index (κ3) is 2.46. The molecule has 4 nitrogen and oxygen atoms in total. The van der Waals surface area contributed by atoms with Crippen LogP contribution in [0.2, 0.25) is 0 Å². The Kier molecular flexibility index (Phi) is 2.69. The van der Waals surface area contributed by atoms with Crippen LogP contribution in [-0.4, -0.2) is 29.3 Å². The van der Waals surface area contributed by atoms with Gasteiger partial charge in [0.2, 0.25) is 0 Å². The van der Waals surface area contributed by atoms with Crippen molar-refractivity contribution in [2.24, 2.45) is 5.73 Å². The van der Waals surface area contributed by atoms with Gasteiger partial charge in [0.1, 0.15) is 0 Å². The van der Waals surface area contributed by atoms with Crippen molar-refractivity contribution < 1.29 is 14.6 Å². The number of ether oxygens (including phenoxy) is 1. The summed E-state index contributed by atoms with van der Waals surface area (Å²) in [6, 6.07) is 0. The Morgan fingerprint density at radius 3 is 2.92 bits per heavy atom. The zero-order valence-electron chi connectivity index (χ0n) is 7.25. The minimum absolute atomic E-state index is 0.000278. The second-order valence-corrected chi connectivity index (χ2v) is 3.59. The summed E-state index contributed by atoms with van der Waals surface area (Å²) in [6.45, 7) is 2.33. The molecule has 0 spiro atoms. The molecule has 2 atom stereocenters. The van der Waals surface area contributed by atoms with E-state index in [1.807, 2.05) is 6.92 Å². The van der Waals surface area contributed by atoms with Crippen LogP contribution in [0.1, 0.15) is 26.2 Å². The molecule has 0 aromatic rings. The van der Waals surface area contributed by atoms with Gasteiger partial charge < -0.3 is 15.6 Å². The monoisotopic (exact) mass is 173 g/mol. The summed E-state index contributed by atoms with van der Waals surface area (Å²) < 4.78 is 5.31. The van der Waals surface area contributed by atoms with Gasteiger partial charge in [0.15, 0.2) is 0 Å². The van der Waals surface area contributed by atoms with Gasteiger partial charge in [-0.05, 0) is 19.8 Å². The predicted molar refractivity (Wildman–Crippen MR) is 43.8 cm³/mol. The van der Waals surface area contributed by atoms with Crippen molar-refractivity contribution in [1.29, 1.82) is 0 Å². The zero-order valence-corrected chi connectivity index (χ0v) is 7.25. The normalized spacial score (nSPS) is 36.3. The molecule has 1 aliphatic rings. The summed E-state index contributed by atoms with van der Waals surface area (Å²) in [7, 11) is 0. The largest absolute Gasteiger partial charge is 0.481 e. The molecule has 1 aliphatic heterocycles. The van der Waals surface area contributed by atoms with E-state index in [0.29, 0.717) is 6.61 Å². The maximum atomic E-state index is 10.4. The number of rotatable bonds is 2. The zero-order chi connectivity index (χ0) is 9.19. The first-order valence-corrected chi connectivity index (χ1v) is 4.14. The summed E-state index contributed by atoms with van der Waals surface area (Å²) >= 11 is 0. The smallest absolute Gasteiger partial charge is 0.305 e. The average Bonchev–Trinajstić information content (AvgIpc) is 1.94. The van der Waals surface area contributed by atoms with Gasteiger partial charge in [-0.1, -0.05) is 0 Å². The lowest BCUT2D eigenvalue weighted by Crippen LogP contribution is -2.50. The number of nitrogens with two attached hydrogens (primary N) is 1. The lowest BCUT2D eigenvalue weighted by molar-refractivity contribution is -0.140. The molecule has 0 amide bonds. The molecule has 2 unspecified atom stereocenters. The van der Waals surface area contributed by atoms with Gasteiger partial charge in [-0.15, -0.1) is 0 Å². The van der Waals surface area contributed by atoms with E-state index in [0.717, 1.165) is 12.8 Å². The summed E-state index contributed by atoms with van der Waals surface area (Å²) in [5, 5.41) is 8.56. The van der Waals surface area contributed by atoms with Crippen molar-refractivity contribution in [1.82, 2.24) is 0 Å². The number of carboxylic acid groups (broad SMARTS) is 1. The SMILES string of the molecule is CC1CCC(N)(CC(=O)O)CO1. The number of aliphatic carboxylic acids is 1. The fraction of sp³-hybridized carbons (Fsp3) is 0.875. The summed E-state index contributed by atoms with van der Waals surface area (Å²) in [5.74, 6) is -0.851. The highest BCUT2D eigenvalue weighted by Crippen LogP contribution is 2.23. The summed E-state index contributed by atoms with van der Waals surface area (Å²) in [4.78, 5) is 10.4. The first-order valence-electron chi connectivity index (χ1n) is 4.14. The Labute approximate surface area is 71.7 Å². The molecule has 12 heavy (non-hydrogen) atoms. The van der Waals surface area contributed by atoms with E-state index in [1.54, 1.807) is 0 Å². The summed E-state index contributed by atoms with van der Waals surface area (Å²) in [6.07, 6.45) is 1.81. The standard InChI is InChI=1S/C8H15NO3/c1-6-2-3-8(9,5-12-6)4-7(10)11/h6H,2-5,9H2,1H3,(H,10,11). The predicted octanol–water partition coefficient (Wildman–Crippen LogP) is 0.357. The van der Waals surface area contributed by atoms with Gasteiger partial charge in [-0.25, -0.2) is 0 Å². The van der Waals surface area contributed by atoms with Crippen LogP contribution in [0.25, 0.3) is 0 Å². The van der Waals surface area contributed by atoms with Gasteiger partial charge >= 0.3 is 5.97 Å². The van der Waals surface area contributed by atoms with E-state index < -0.39 is 11.5 Å². The Morgan fingerprint density at radius 1 is 1.83 bits per heavy atom. The van der Waals surface area contributed by atoms with Crippen LogP contribution >= 0.6 is 0 Å². The van der Waals surface area contributed by atoms with Gasteiger partial charge in [0, 0.05) is 5.54 Å². The first-order chi connectivity index (χ1) is 5.52. The maximum Gasteiger partial charge on any atom is 0.305 e. The van der Waals surface area contributed by atoms with Crippen LogP contribution in [0.15, 0.2) is 0 Å². The molecular formula is C8H15NO3. The van der Waals surface area contributed by atoms with Gasteiger partial charge in [-0.2, -0.15) is 0 Å². The molecule has 0 aliphatic carbocycles. The molecule has 1 fully saturated rings. The number of carboxylic acids is 1. The Morgan fingerprint density at radius 2 is 2.50 bits per heavy atom. The molecule has 1 saturated heterocycles. The second-order valence-electron chi connectivity index (χ2n) is 3.59. The van der Waals surface area contributed by atoms with Crippen LogP contribution in [0, 0.1) is 0 Å². The molecule has 0 radical (unpaired) electrons. The number of carbonyl (C=O) groups is 1. The molecule has 70 valence electrons. The quantitative estimate of drug-likeness (QED) is 0.632.